The predicted octanol–water partition coefficient (Wildman–Crippen LogP) is 11.2. The summed E-state index contributed by atoms with van der Waals surface area (Å²) in [7, 11) is 4.53. The van der Waals surface area contributed by atoms with E-state index in [9.17, 15) is 0 Å². The number of rotatable bonds is 12. The second-order valence-electron chi connectivity index (χ2n) is 12.1. The molecule has 0 aliphatic heterocycles. The van der Waals surface area contributed by atoms with E-state index in [1.165, 1.54) is 143 Å². The van der Waals surface area contributed by atoms with E-state index in [4.69, 9.17) is 0 Å². The van der Waals surface area contributed by atoms with Crippen LogP contribution in [0.2, 0.25) is 0 Å². The molecule has 40 heavy (non-hydrogen) atoms. The van der Waals surface area contributed by atoms with Crippen LogP contribution in [0, 0.1) is 0 Å². The summed E-state index contributed by atoms with van der Waals surface area (Å²) >= 11 is 0. The van der Waals surface area contributed by atoms with Crippen molar-refractivity contribution in [3.63, 3.8) is 0 Å². The number of aryl methyl sites for hydroxylation is 4. The molecule has 0 fully saturated rings. The minimum absolute atomic E-state index is 1.17. The van der Waals surface area contributed by atoms with Gasteiger partial charge < -0.3 is 9.13 Å². The maximum absolute atomic E-state index is 2.46. The Balaban J connectivity index is 1.38. The molecule has 0 bridgehead atoms. The van der Waals surface area contributed by atoms with E-state index in [0.717, 1.165) is 0 Å². The molecule has 0 aliphatic rings. The van der Waals surface area contributed by atoms with Gasteiger partial charge in [-0.25, -0.2) is 0 Å². The standard InChI is InChI=1S/C38H46N2/c1-5-7-9-11-13-15-29-25-27-17-19-33-31-22-24-36-34(32(31)21-23-35(33)37(27)39(29)3)20-18-28-26-30(40(4)38(28)36)16-14-12-10-8-6-2/h17-26H,5-16H2,1-4H3. The van der Waals surface area contributed by atoms with Gasteiger partial charge in [0.1, 0.15) is 0 Å². The first-order valence-corrected chi connectivity index (χ1v) is 16.0. The van der Waals surface area contributed by atoms with Gasteiger partial charge in [-0.2, -0.15) is 0 Å². The smallest absolute Gasteiger partial charge is 0.0559 e. The zero-order chi connectivity index (χ0) is 27.6. The van der Waals surface area contributed by atoms with E-state index < -0.39 is 0 Å². The Labute approximate surface area is 240 Å². The number of benzene rings is 4. The number of hydrogen-bond acceptors (Lipinski definition) is 0. The lowest BCUT2D eigenvalue weighted by atomic mass is 9.95. The third-order valence-electron chi connectivity index (χ3n) is 9.45. The normalized spacial score (nSPS) is 12.2. The second kappa shape index (κ2) is 11.7. The molecule has 6 rings (SSSR count). The zero-order valence-corrected chi connectivity index (χ0v) is 25.2. The van der Waals surface area contributed by atoms with Gasteiger partial charge in [-0.15, -0.1) is 0 Å². The van der Waals surface area contributed by atoms with Crippen LogP contribution in [-0.4, -0.2) is 9.13 Å². The maximum atomic E-state index is 2.46. The minimum Gasteiger partial charge on any atom is -0.347 e. The second-order valence-corrected chi connectivity index (χ2v) is 12.1. The van der Waals surface area contributed by atoms with Crippen LogP contribution in [0.4, 0.5) is 0 Å². The van der Waals surface area contributed by atoms with Gasteiger partial charge in [0.25, 0.3) is 0 Å². The largest absolute Gasteiger partial charge is 0.347 e. The number of unbranched alkanes of at least 4 members (excludes halogenated alkanes) is 8. The molecule has 0 amide bonds. The molecular weight excluding hydrogens is 484 g/mol. The van der Waals surface area contributed by atoms with Crippen molar-refractivity contribution in [2.24, 2.45) is 14.1 Å². The molecule has 2 nitrogen and oxygen atoms in total. The number of nitrogens with zero attached hydrogens (tertiary/aromatic N) is 2. The highest BCUT2D eigenvalue weighted by Crippen LogP contribution is 2.38. The van der Waals surface area contributed by atoms with Crippen molar-refractivity contribution in [3.8, 4) is 0 Å². The van der Waals surface area contributed by atoms with Crippen LogP contribution in [-0.2, 0) is 26.9 Å². The van der Waals surface area contributed by atoms with Crippen LogP contribution in [0.3, 0.4) is 0 Å². The van der Waals surface area contributed by atoms with Crippen LogP contribution >= 0.6 is 0 Å². The molecule has 2 heteroatoms. The summed E-state index contributed by atoms with van der Waals surface area (Å²) in [5.41, 5.74) is 5.68. The average molecular weight is 531 g/mol. The van der Waals surface area contributed by atoms with E-state index in [1.54, 1.807) is 0 Å². The fourth-order valence-corrected chi connectivity index (χ4v) is 7.16. The van der Waals surface area contributed by atoms with E-state index in [1.807, 2.05) is 0 Å². The monoisotopic (exact) mass is 530 g/mol. The van der Waals surface area contributed by atoms with Crippen molar-refractivity contribution in [2.45, 2.75) is 90.9 Å². The molecule has 0 unspecified atom stereocenters. The topological polar surface area (TPSA) is 9.86 Å². The summed E-state index contributed by atoms with van der Waals surface area (Å²) in [4.78, 5) is 0. The highest BCUT2D eigenvalue weighted by atomic mass is 14.9. The van der Waals surface area contributed by atoms with Gasteiger partial charge in [-0.05, 0) is 59.4 Å². The van der Waals surface area contributed by atoms with Crippen molar-refractivity contribution in [1.82, 2.24) is 9.13 Å². The third kappa shape index (κ3) is 4.80. The number of aromatic nitrogens is 2. The minimum atomic E-state index is 1.17. The lowest BCUT2D eigenvalue weighted by Gasteiger charge is -2.12. The van der Waals surface area contributed by atoms with Crippen LogP contribution in [0.5, 0.6) is 0 Å². The van der Waals surface area contributed by atoms with Crippen LogP contribution in [0.15, 0.2) is 60.7 Å². The van der Waals surface area contributed by atoms with E-state index in [2.05, 4.69) is 97.7 Å². The summed E-state index contributed by atoms with van der Waals surface area (Å²) in [5.74, 6) is 0. The van der Waals surface area contributed by atoms with Gasteiger partial charge in [0.15, 0.2) is 0 Å². The average Bonchev–Trinajstić information content (AvgIpc) is 3.48. The van der Waals surface area contributed by atoms with Crippen molar-refractivity contribution in [2.75, 3.05) is 0 Å². The van der Waals surface area contributed by atoms with Crippen molar-refractivity contribution in [1.29, 1.82) is 0 Å². The van der Waals surface area contributed by atoms with E-state index >= 15 is 0 Å². The third-order valence-corrected chi connectivity index (χ3v) is 9.45. The van der Waals surface area contributed by atoms with E-state index in [-0.39, 0.29) is 0 Å². The van der Waals surface area contributed by atoms with Crippen molar-refractivity contribution in [3.05, 3.63) is 72.1 Å². The Bertz CT molecular complexity index is 1660. The van der Waals surface area contributed by atoms with Gasteiger partial charge in [0.2, 0.25) is 0 Å². The quantitative estimate of drug-likeness (QED) is 0.110. The predicted molar refractivity (Wildman–Crippen MR) is 177 cm³/mol. The Hall–Kier alpha value is -3.26. The summed E-state index contributed by atoms with van der Waals surface area (Å²) in [6, 6.07) is 23.7. The Morgan fingerprint density at radius 1 is 0.425 bits per heavy atom. The molecule has 0 aliphatic carbocycles. The van der Waals surface area contributed by atoms with Gasteiger partial charge in [-0.1, -0.05) is 114 Å². The van der Waals surface area contributed by atoms with Gasteiger partial charge in [-0.3, -0.25) is 0 Å². The Kier molecular flexibility index (Phi) is 7.87. The van der Waals surface area contributed by atoms with Crippen LogP contribution in [0.1, 0.15) is 89.4 Å². The summed E-state index contributed by atoms with van der Waals surface area (Å²) in [6.07, 6.45) is 15.6. The molecular formula is C38H46N2. The molecule has 2 heterocycles. The van der Waals surface area contributed by atoms with Crippen LogP contribution in [0.25, 0.3) is 54.1 Å². The molecule has 0 saturated carbocycles. The molecule has 0 spiro atoms. The van der Waals surface area contributed by atoms with E-state index in [0.29, 0.717) is 0 Å². The van der Waals surface area contributed by atoms with Crippen LogP contribution < -0.4 is 0 Å². The van der Waals surface area contributed by atoms with Gasteiger partial charge >= 0.3 is 0 Å². The lowest BCUT2D eigenvalue weighted by molar-refractivity contribution is 0.622. The van der Waals surface area contributed by atoms with Crippen molar-refractivity contribution >= 4 is 54.1 Å². The lowest BCUT2D eigenvalue weighted by Crippen LogP contribution is -1.97. The molecule has 0 radical (unpaired) electrons. The molecule has 0 atom stereocenters. The summed E-state index contributed by atoms with van der Waals surface area (Å²) in [5, 5.41) is 10.9. The highest BCUT2D eigenvalue weighted by Gasteiger charge is 2.15. The van der Waals surface area contributed by atoms with Gasteiger partial charge in [0.05, 0.1) is 11.0 Å². The maximum Gasteiger partial charge on any atom is 0.0559 e. The first-order chi connectivity index (χ1) is 19.6. The fraction of sp³-hybridized carbons (Fsp3) is 0.421. The molecule has 2 aromatic heterocycles. The molecule has 6 aromatic rings. The molecule has 0 saturated heterocycles. The summed E-state index contributed by atoms with van der Waals surface area (Å²) in [6.45, 7) is 4.58. The zero-order valence-electron chi connectivity index (χ0n) is 25.2. The SMILES string of the molecule is CCCCCCCc1cc2ccc3c4ccc5c(ccc6cc(CCCCCCC)n(C)c65)c4ccc3c2n1C. The number of hydrogen-bond donors (Lipinski definition) is 0. The van der Waals surface area contributed by atoms with Crippen molar-refractivity contribution < 1.29 is 0 Å². The first kappa shape index (κ1) is 26.9. The number of fused-ring (bicyclic) bond motifs is 9. The summed E-state index contributed by atoms with van der Waals surface area (Å²) < 4.78 is 4.92. The molecule has 208 valence electrons. The fourth-order valence-electron chi connectivity index (χ4n) is 7.16. The molecule has 4 aromatic carbocycles. The highest BCUT2D eigenvalue weighted by molar-refractivity contribution is 6.24. The first-order valence-electron chi connectivity index (χ1n) is 16.0. The Morgan fingerprint density at radius 3 is 1.20 bits per heavy atom. The molecule has 0 N–H and O–H groups in total. The Morgan fingerprint density at radius 2 is 0.775 bits per heavy atom. The van der Waals surface area contributed by atoms with Gasteiger partial charge in [0, 0.05) is 47.0 Å².